The molecule has 0 amide bonds. The van der Waals surface area contributed by atoms with E-state index in [1.807, 2.05) is 12.3 Å². The molecule has 7 aromatic rings. The minimum absolute atomic E-state index is 0.999. The normalized spacial score (nSPS) is 11.9. The molecule has 0 unspecified atom stereocenters. The summed E-state index contributed by atoms with van der Waals surface area (Å²) < 4.78 is 3.51. The van der Waals surface area contributed by atoms with Crippen molar-refractivity contribution in [3.63, 3.8) is 0 Å². The van der Waals surface area contributed by atoms with Gasteiger partial charge in [0.25, 0.3) is 0 Å². The summed E-state index contributed by atoms with van der Waals surface area (Å²) in [6, 6.07) is 34.7. The Kier molecular flexibility index (Phi) is 3.73. The number of hydrogen-bond donors (Lipinski definition) is 0. The van der Waals surface area contributed by atoms with Gasteiger partial charge in [-0.05, 0) is 65.7 Å². The van der Waals surface area contributed by atoms with E-state index in [0.29, 0.717) is 0 Å². The lowest BCUT2D eigenvalue weighted by Crippen LogP contribution is -1.82. The standard InChI is InChI=1S/C29H17BrN2/c30-21-7-5-6-18(14-21)19-11-12-28-23(15-19)25-17-20(26-9-3-4-13-31-26)16-24-22-8-1-2-10-27(22)32(28)29(24)25/h1-17H. The topological polar surface area (TPSA) is 17.3 Å². The summed E-state index contributed by atoms with van der Waals surface area (Å²) in [4.78, 5) is 4.63. The Morgan fingerprint density at radius 2 is 1.31 bits per heavy atom. The lowest BCUT2D eigenvalue weighted by Gasteiger charge is -2.05. The fraction of sp³-hybridized carbons (Fsp3) is 0. The summed E-state index contributed by atoms with van der Waals surface area (Å²) in [5.41, 5.74) is 8.35. The third-order valence-electron chi connectivity index (χ3n) is 6.41. The van der Waals surface area contributed by atoms with Crippen molar-refractivity contribution < 1.29 is 0 Å². The number of para-hydroxylation sites is 1. The lowest BCUT2D eigenvalue weighted by atomic mass is 9.99. The van der Waals surface area contributed by atoms with Crippen molar-refractivity contribution in [1.82, 2.24) is 9.38 Å². The van der Waals surface area contributed by atoms with Crippen molar-refractivity contribution in [1.29, 1.82) is 0 Å². The highest BCUT2D eigenvalue weighted by molar-refractivity contribution is 9.10. The molecule has 0 atom stereocenters. The van der Waals surface area contributed by atoms with Crippen molar-refractivity contribution in [3.05, 3.63) is 108 Å². The third-order valence-corrected chi connectivity index (χ3v) is 6.91. The second-order valence-corrected chi connectivity index (χ2v) is 9.15. The van der Waals surface area contributed by atoms with Gasteiger partial charge in [0.15, 0.2) is 0 Å². The van der Waals surface area contributed by atoms with Gasteiger partial charge < -0.3 is 4.40 Å². The summed E-state index contributed by atoms with van der Waals surface area (Å²) in [7, 11) is 0. The molecular weight excluding hydrogens is 456 g/mol. The highest BCUT2D eigenvalue weighted by Crippen LogP contribution is 2.42. The molecule has 0 radical (unpaired) electrons. The molecule has 0 aliphatic rings. The van der Waals surface area contributed by atoms with E-state index < -0.39 is 0 Å². The Morgan fingerprint density at radius 1 is 0.562 bits per heavy atom. The zero-order chi connectivity index (χ0) is 21.2. The van der Waals surface area contributed by atoms with Crippen molar-refractivity contribution in [2.45, 2.75) is 0 Å². The van der Waals surface area contributed by atoms with E-state index in [-0.39, 0.29) is 0 Å². The van der Waals surface area contributed by atoms with Crippen molar-refractivity contribution >= 4 is 54.0 Å². The second-order valence-electron chi connectivity index (χ2n) is 8.23. The molecule has 3 heterocycles. The molecule has 0 aliphatic carbocycles. The molecule has 0 spiro atoms. The average Bonchev–Trinajstić information content (AvgIpc) is 3.35. The molecule has 0 fully saturated rings. The molecule has 0 bridgehead atoms. The van der Waals surface area contributed by atoms with Crippen LogP contribution in [0.2, 0.25) is 0 Å². The van der Waals surface area contributed by atoms with Gasteiger partial charge in [-0.3, -0.25) is 4.98 Å². The molecule has 4 aromatic carbocycles. The van der Waals surface area contributed by atoms with Gasteiger partial charge in [-0.25, -0.2) is 0 Å². The first-order valence-electron chi connectivity index (χ1n) is 10.7. The molecule has 150 valence electrons. The number of aromatic nitrogens is 2. The Balaban J connectivity index is 1.64. The maximum atomic E-state index is 4.63. The Morgan fingerprint density at radius 3 is 2.16 bits per heavy atom. The number of rotatable bonds is 2. The SMILES string of the molecule is Brc1cccc(-c2ccc3c(c2)c2cc(-c4ccccn4)cc4c5ccccc5n3c42)c1. The Labute approximate surface area is 193 Å². The van der Waals surface area contributed by atoms with E-state index in [0.717, 1.165) is 15.7 Å². The number of nitrogens with zero attached hydrogens (tertiary/aromatic N) is 2. The maximum absolute atomic E-state index is 4.63. The van der Waals surface area contributed by atoms with E-state index in [1.54, 1.807) is 0 Å². The summed E-state index contributed by atoms with van der Waals surface area (Å²) in [6.45, 7) is 0. The van der Waals surface area contributed by atoms with Crippen molar-refractivity contribution in [2.24, 2.45) is 0 Å². The van der Waals surface area contributed by atoms with Crippen LogP contribution in [0.3, 0.4) is 0 Å². The minimum Gasteiger partial charge on any atom is -0.308 e. The molecule has 3 heteroatoms. The molecule has 0 saturated carbocycles. The highest BCUT2D eigenvalue weighted by Gasteiger charge is 2.19. The summed E-state index contributed by atoms with van der Waals surface area (Å²) in [5.74, 6) is 0. The molecule has 0 N–H and O–H groups in total. The average molecular weight is 473 g/mol. The van der Waals surface area contributed by atoms with Gasteiger partial charge in [-0.15, -0.1) is 0 Å². The van der Waals surface area contributed by atoms with Crippen LogP contribution in [0.25, 0.3) is 60.5 Å². The van der Waals surface area contributed by atoms with Gasteiger partial charge in [0.1, 0.15) is 0 Å². The molecule has 0 aliphatic heterocycles. The van der Waals surface area contributed by atoms with E-state index in [4.69, 9.17) is 0 Å². The van der Waals surface area contributed by atoms with Crippen LogP contribution < -0.4 is 0 Å². The molecule has 32 heavy (non-hydrogen) atoms. The maximum Gasteiger partial charge on any atom is 0.0702 e. The predicted molar refractivity (Wildman–Crippen MR) is 137 cm³/mol. The van der Waals surface area contributed by atoms with Gasteiger partial charge >= 0.3 is 0 Å². The lowest BCUT2D eigenvalue weighted by molar-refractivity contribution is 1.33. The zero-order valence-corrected chi connectivity index (χ0v) is 18.7. The minimum atomic E-state index is 0.999. The second kappa shape index (κ2) is 6.65. The predicted octanol–water partition coefficient (Wildman–Crippen LogP) is 8.33. The fourth-order valence-corrected chi connectivity index (χ4v) is 5.43. The van der Waals surface area contributed by atoms with Gasteiger partial charge in [-0.2, -0.15) is 0 Å². The van der Waals surface area contributed by atoms with Crippen LogP contribution in [0, 0.1) is 0 Å². The van der Waals surface area contributed by atoms with Crippen LogP contribution in [0.5, 0.6) is 0 Å². The fourth-order valence-electron chi connectivity index (χ4n) is 5.03. The number of halogens is 1. The van der Waals surface area contributed by atoms with Gasteiger partial charge in [0, 0.05) is 37.8 Å². The first kappa shape index (κ1) is 17.9. The zero-order valence-electron chi connectivity index (χ0n) is 17.1. The quantitative estimate of drug-likeness (QED) is 0.247. The molecule has 0 saturated heterocycles. The van der Waals surface area contributed by atoms with E-state index in [1.165, 1.54) is 49.2 Å². The van der Waals surface area contributed by atoms with Crippen molar-refractivity contribution in [2.75, 3.05) is 0 Å². The molecule has 2 nitrogen and oxygen atoms in total. The van der Waals surface area contributed by atoms with Crippen LogP contribution in [0.15, 0.2) is 108 Å². The van der Waals surface area contributed by atoms with Crippen LogP contribution in [0.1, 0.15) is 0 Å². The van der Waals surface area contributed by atoms with Crippen molar-refractivity contribution in [3.8, 4) is 22.4 Å². The first-order valence-corrected chi connectivity index (χ1v) is 11.5. The monoisotopic (exact) mass is 472 g/mol. The summed E-state index contributed by atoms with van der Waals surface area (Å²) in [5, 5.41) is 5.10. The van der Waals surface area contributed by atoms with Crippen LogP contribution in [0.4, 0.5) is 0 Å². The first-order chi connectivity index (χ1) is 15.8. The van der Waals surface area contributed by atoms with E-state index >= 15 is 0 Å². The molecular formula is C29H17BrN2. The van der Waals surface area contributed by atoms with Crippen LogP contribution in [-0.2, 0) is 0 Å². The molecule has 7 rings (SSSR count). The number of pyridine rings is 1. The number of hydrogen-bond acceptors (Lipinski definition) is 1. The largest absolute Gasteiger partial charge is 0.308 e. The summed E-state index contributed by atoms with van der Waals surface area (Å²) >= 11 is 3.61. The number of fused-ring (bicyclic) bond motifs is 6. The van der Waals surface area contributed by atoms with Crippen LogP contribution >= 0.6 is 15.9 Å². The van der Waals surface area contributed by atoms with Gasteiger partial charge in [0.05, 0.1) is 22.2 Å². The molecule has 3 aromatic heterocycles. The number of benzene rings is 4. The van der Waals surface area contributed by atoms with Gasteiger partial charge in [-0.1, -0.05) is 58.4 Å². The third kappa shape index (κ3) is 2.49. The van der Waals surface area contributed by atoms with E-state index in [2.05, 4.69) is 116 Å². The Bertz CT molecular complexity index is 1780. The van der Waals surface area contributed by atoms with Gasteiger partial charge in [0.2, 0.25) is 0 Å². The Hall–Kier alpha value is -3.69. The van der Waals surface area contributed by atoms with E-state index in [9.17, 15) is 0 Å². The summed E-state index contributed by atoms with van der Waals surface area (Å²) in [6.07, 6.45) is 1.86. The van der Waals surface area contributed by atoms with Crippen LogP contribution in [-0.4, -0.2) is 9.38 Å². The smallest absolute Gasteiger partial charge is 0.0702 e. The highest BCUT2D eigenvalue weighted by atomic mass is 79.9.